The van der Waals surface area contributed by atoms with Gasteiger partial charge in [-0.3, -0.25) is 0 Å². The maximum Gasteiger partial charge on any atom is 0.0682 e. The minimum atomic E-state index is 0.181. The molecule has 2 aliphatic carbocycles. The topological polar surface area (TPSA) is 9.23 Å². The second kappa shape index (κ2) is 1.75. The fourth-order valence-electron chi connectivity index (χ4n) is 2.90. The van der Waals surface area contributed by atoms with Gasteiger partial charge in [0.25, 0.3) is 0 Å². The van der Waals surface area contributed by atoms with E-state index >= 15 is 0 Å². The third kappa shape index (κ3) is 0.783. The molecule has 1 aliphatic heterocycles. The maximum atomic E-state index is 6.02. The van der Waals surface area contributed by atoms with Crippen molar-refractivity contribution in [2.24, 2.45) is 10.8 Å². The predicted molar refractivity (Wildman–Crippen MR) is 48.0 cm³/mol. The van der Waals surface area contributed by atoms with Crippen LogP contribution >= 0.6 is 0 Å². The summed E-state index contributed by atoms with van der Waals surface area (Å²) in [7, 11) is 0. The van der Waals surface area contributed by atoms with Crippen molar-refractivity contribution >= 4 is 0 Å². The zero-order valence-electron chi connectivity index (χ0n) is 8.15. The molecular formula is C11H18O. The second-order valence-corrected chi connectivity index (χ2v) is 5.76. The minimum Gasteiger partial charge on any atom is -0.374 e. The number of hydrogen-bond acceptors (Lipinski definition) is 1. The largest absolute Gasteiger partial charge is 0.374 e. The number of ether oxygens (including phenoxy) is 1. The highest BCUT2D eigenvalue weighted by atomic mass is 16.5. The van der Waals surface area contributed by atoms with Gasteiger partial charge in [0.2, 0.25) is 0 Å². The van der Waals surface area contributed by atoms with Crippen LogP contribution in [0.15, 0.2) is 0 Å². The van der Waals surface area contributed by atoms with Crippen molar-refractivity contribution in [1.82, 2.24) is 0 Å². The first-order valence-electron chi connectivity index (χ1n) is 5.22. The highest BCUT2D eigenvalue weighted by Crippen LogP contribution is 2.69. The van der Waals surface area contributed by atoms with Crippen molar-refractivity contribution in [3.8, 4) is 0 Å². The van der Waals surface area contributed by atoms with Gasteiger partial charge in [-0.05, 0) is 56.8 Å². The average Bonchev–Trinajstić information content (AvgIpc) is 2.85. The van der Waals surface area contributed by atoms with Gasteiger partial charge in [-0.1, -0.05) is 0 Å². The highest BCUT2D eigenvalue weighted by Gasteiger charge is 2.64. The second-order valence-electron chi connectivity index (χ2n) is 5.76. The van der Waals surface area contributed by atoms with Gasteiger partial charge in [0.1, 0.15) is 0 Å². The van der Waals surface area contributed by atoms with Gasteiger partial charge in [-0.2, -0.15) is 0 Å². The Morgan fingerprint density at radius 1 is 1.00 bits per heavy atom. The molecule has 3 aliphatic rings. The molecule has 1 heterocycles. The van der Waals surface area contributed by atoms with Crippen LogP contribution < -0.4 is 0 Å². The molecule has 0 amide bonds. The molecule has 3 fully saturated rings. The predicted octanol–water partition coefficient (Wildman–Crippen LogP) is 2.75. The van der Waals surface area contributed by atoms with Crippen LogP contribution in [0.5, 0.6) is 0 Å². The molecule has 2 saturated carbocycles. The quantitative estimate of drug-likeness (QED) is 0.537. The molecule has 0 N–H and O–H groups in total. The molecule has 1 nitrogen and oxygen atoms in total. The van der Waals surface area contributed by atoms with Gasteiger partial charge >= 0.3 is 0 Å². The Balaban J connectivity index is 1.87. The SMILES string of the molecule is CC1(C)OCC2(CC2)CC12CC2. The van der Waals surface area contributed by atoms with E-state index in [9.17, 15) is 0 Å². The number of hydrogen-bond donors (Lipinski definition) is 0. The molecule has 0 atom stereocenters. The standard InChI is InChI=1S/C11H18O/c1-9(2)11(5-6-11)7-10(3-4-10)8-12-9/h3-8H2,1-2H3. The molecule has 0 aromatic carbocycles. The molecule has 1 saturated heterocycles. The highest BCUT2D eigenvalue weighted by molar-refractivity contribution is 5.14. The van der Waals surface area contributed by atoms with E-state index in [2.05, 4.69) is 13.8 Å². The zero-order valence-corrected chi connectivity index (χ0v) is 8.15. The van der Waals surface area contributed by atoms with E-state index in [-0.39, 0.29) is 5.60 Å². The summed E-state index contributed by atoms with van der Waals surface area (Å²) in [5.41, 5.74) is 1.44. The van der Waals surface area contributed by atoms with E-state index in [0.29, 0.717) is 10.8 Å². The summed E-state index contributed by atoms with van der Waals surface area (Å²) >= 11 is 0. The van der Waals surface area contributed by atoms with Crippen LogP contribution in [0, 0.1) is 10.8 Å². The van der Waals surface area contributed by atoms with Crippen LogP contribution in [-0.4, -0.2) is 12.2 Å². The summed E-state index contributed by atoms with van der Waals surface area (Å²) in [5, 5.41) is 0. The van der Waals surface area contributed by atoms with Gasteiger partial charge < -0.3 is 4.74 Å². The molecule has 0 aromatic heterocycles. The average molecular weight is 166 g/mol. The zero-order chi connectivity index (χ0) is 8.45. The third-order valence-corrected chi connectivity index (χ3v) is 4.54. The lowest BCUT2D eigenvalue weighted by Crippen LogP contribution is -2.44. The van der Waals surface area contributed by atoms with Gasteiger partial charge in [-0.25, -0.2) is 0 Å². The van der Waals surface area contributed by atoms with Crippen molar-refractivity contribution in [2.45, 2.75) is 51.6 Å². The molecule has 12 heavy (non-hydrogen) atoms. The van der Waals surface area contributed by atoms with Crippen molar-refractivity contribution in [3.63, 3.8) is 0 Å². The van der Waals surface area contributed by atoms with Crippen molar-refractivity contribution in [2.75, 3.05) is 6.61 Å². The van der Waals surface area contributed by atoms with E-state index < -0.39 is 0 Å². The molecule has 3 rings (SSSR count). The fraction of sp³-hybridized carbons (Fsp3) is 1.00. The first-order chi connectivity index (χ1) is 5.58. The molecule has 0 radical (unpaired) electrons. The van der Waals surface area contributed by atoms with Crippen LogP contribution in [0.25, 0.3) is 0 Å². The lowest BCUT2D eigenvalue weighted by Gasteiger charge is -2.43. The summed E-state index contributed by atoms with van der Waals surface area (Å²) < 4.78 is 6.02. The Labute approximate surface area is 74.5 Å². The van der Waals surface area contributed by atoms with Crippen LogP contribution in [0.2, 0.25) is 0 Å². The summed E-state index contributed by atoms with van der Waals surface area (Å²) in [6.45, 7) is 5.62. The maximum absolute atomic E-state index is 6.02. The van der Waals surface area contributed by atoms with Crippen molar-refractivity contribution in [3.05, 3.63) is 0 Å². The fourth-order valence-corrected chi connectivity index (χ4v) is 2.90. The normalized spacial score (nSPS) is 38.5. The lowest BCUT2D eigenvalue weighted by molar-refractivity contribution is -0.137. The third-order valence-electron chi connectivity index (χ3n) is 4.54. The summed E-state index contributed by atoms with van der Waals surface area (Å²) in [5.74, 6) is 0. The Kier molecular flexibility index (Phi) is 1.07. The summed E-state index contributed by atoms with van der Waals surface area (Å²) in [6, 6.07) is 0. The molecule has 68 valence electrons. The molecule has 0 unspecified atom stereocenters. The minimum absolute atomic E-state index is 0.181. The first kappa shape index (κ1) is 7.37. The van der Waals surface area contributed by atoms with E-state index in [4.69, 9.17) is 4.74 Å². The smallest absolute Gasteiger partial charge is 0.0682 e. The van der Waals surface area contributed by atoms with E-state index in [1.807, 2.05) is 0 Å². The molecule has 1 heteroatoms. The van der Waals surface area contributed by atoms with Crippen LogP contribution in [-0.2, 0) is 4.74 Å². The molecule has 2 spiro atoms. The van der Waals surface area contributed by atoms with Gasteiger partial charge in [-0.15, -0.1) is 0 Å². The van der Waals surface area contributed by atoms with Gasteiger partial charge in [0.05, 0.1) is 12.2 Å². The molecular weight excluding hydrogens is 148 g/mol. The van der Waals surface area contributed by atoms with Crippen LogP contribution in [0.4, 0.5) is 0 Å². The van der Waals surface area contributed by atoms with Gasteiger partial charge in [0, 0.05) is 0 Å². The van der Waals surface area contributed by atoms with E-state index in [1.54, 1.807) is 0 Å². The molecule has 0 bridgehead atoms. The molecule has 0 aromatic rings. The monoisotopic (exact) mass is 166 g/mol. The van der Waals surface area contributed by atoms with E-state index in [1.165, 1.54) is 32.1 Å². The first-order valence-corrected chi connectivity index (χ1v) is 5.22. The lowest BCUT2D eigenvalue weighted by atomic mass is 9.76. The van der Waals surface area contributed by atoms with Gasteiger partial charge in [0.15, 0.2) is 0 Å². The van der Waals surface area contributed by atoms with Crippen molar-refractivity contribution < 1.29 is 4.74 Å². The van der Waals surface area contributed by atoms with Crippen LogP contribution in [0.1, 0.15) is 46.0 Å². The van der Waals surface area contributed by atoms with Crippen LogP contribution in [0.3, 0.4) is 0 Å². The Hall–Kier alpha value is -0.0400. The Morgan fingerprint density at radius 2 is 1.67 bits per heavy atom. The van der Waals surface area contributed by atoms with E-state index in [0.717, 1.165) is 6.61 Å². The van der Waals surface area contributed by atoms with Crippen molar-refractivity contribution in [1.29, 1.82) is 0 Å². The number of rotatable bonds is 0. The Bertz CT molecular complexity index is 221. The summed E-state index contributed by atoms with van der Waals surface area (Å²) in [4.78, 5) is 0. The summed E-state index contributed by atoms with van der Waals surface area (Å²) in [6.07, 6.45) is 7.17. The Morgan fingerprint density at radius 3 is 2.17 bits per heavy atom.